The normalized spacial score (nSPS) is 24.7. The second-order valence-corrected chi connectivity index (χ2v) is 3.17. The minimum absolute atomic E-state index is 0.111. The molecule has 0 aliphatic carbocycles. The Hall–Kier alpha value is -0.220. The molecule has 1 aliphatic heterocycles. The van der Waals surface area contributed by atoms with Crippen LogP contribution in [-0.4, -0.2) is 30.2 Å². The van der Waals surface area contributed by atoms with E-state index in [1.807, 2.05) is 6.92 Å². The molecule has 1 atom stereocenters. The van der Waals surface area contributed by atoms with Crippen LogP contribution in [0.3, 0.4) is 0 Å². The van der Waals surface area contributed by atoms with Gasteiger partial charge in [-0.2, -0.15) is 0 Å². The highest BCUT2D eigenvalue weighted by Gasteiger charge is 2.23. The van der Waals surface area contributed by atoms with E-state index < -0.39 is 0 Å². The third kappa shape index (κ3) is 1.88. The van der Waals surface area contributed by atoms with Crippen LogP contribution in [0.1, 0.15) is 6.92 Å². The van der Waals surface area contributed by atoms with Crippen molar-refractivity contribution >= 4 is 17.7 Å². The summed E-state index contributed by atoms with van der Waals surface area (Å²) >= 11 is 1.60. The zero-order valence-corrected chi connectivity index (χ0v) is 6.74. The Morgan fingerprint density at radius 2 is 2.70 bits per heavy atom. The van der Waals surface area contributed by atoms with E-state index in [4.69, 9.17) is 4.74 Å². The van der Waals surface area contributed by atoms with Gasteiger partial charge in [0, 0.05) is 12.3 Å². The molecule has 1 unspecified atom stereocenters. The number of hydrogen-bond donors (Lipinski definition) is 1. The lowest BCUT2D eigenvalue weighted by Gasteiger charge is -2.06. The van der Waals surface area contributed by atoms with Crippen LogP contribution in [0.5, 0.6) is 0 Å². The minimum atomic E-state index is -0.134. The summed E-state index contributed by atoms with van der Waals surface area (Å²) in [5.41, 5.74) is 0. The molecule has 0 aromatic heterocycles. The Morgan fingerprint density at radius 3 is 3.20 bits per heavy atom. The smallest absolute Gasteiger partial charge is 0.333 e. The van der Waals surface area contributed by atoms with E-state index in [-0.39, 0.29) is 11.3 Å². The zero-order valence-electron chi connectivity index (χ0n) is 5.92. The van der Waals surface area contributed by atoms with Crippen molar-refractivity contribution in [1.82, 2.24) is 5.32 Å². The standard InChI is InChI=1S/C6H11NO2S/c1-2-9-6(8)5-7-3-4-10-5/h5,7H,2-4H2,1H3. The van der Waals surface area contributed by atoms with Crippen LogP contribution in [0.2, 0.25) is 0 Å². The van der Waals surface area contributed by atoms with Crippen molar-refractivity contribution in [3.63, 3.8) is 0 Å². The number of hydrogen-bond acceptors (Lipinski definition) is 4. The van der Waals surface area contributed by atoms with Crippen molar-refractivity contribution in [2.45, 2.75) is 12.3 Å². The molecule has 0 amide bonds. The van der Waals surface area contributed by atoms with Crippen LogP contribution in [-0.2, 0) is 9.53 Å². The second kappa shape index (κ2) is 3.83. The lowest BCUT2D eigenvalue weighted by molar-refractivity contribution is -0.142. The van der Waals surface area contributed by atoms with Gasteiger partial charge < -0.3 is 4.74 Å². The van der Waals surface area contributed by atoms with Gasteiger partial charge in [0.25, 0.3) is 0 Å². The molecule has 1 rings (SSSR count). The quantitative estimate of drug-likeness (QED) is 0.588. The first-order chi connectivity index (χ1) is 4.84. The number of thioether (sulfide) groups is 1. The molecule has 3 nitrogen and oxygen atoms in total. The maximum Gasteiger partial charge on any atom is 0.333 e. The lowest BCUT2D eigenvalue weighted by Crippen LogP contribution is -2.30. The molecule has 1 fully saturated rings. The van der Waals surface area contributed by atoms with Gasteiger partial charge in [0.15, 0.2) is 5.37 Å². The molecule has 0 aromatic rings. The van der Waals surface area contributed by atoms with E-state index in [0.29, 0.717) is 6.61 Å². The monoisotopic (exact) mass is 161 g/mol. The van der Waals surface area contributed by atoms with Gasteiger partial charge >= 0.3 is 5.97 Å². The molecule has 10 heavy (non-hydrogen) atoms. The summed E-state index contributed by atoms with van der Waals surface area (Å²) in [5, 5.41) is 2.92. The van der Waals surface area contributed by atoms with Crippen molar-refractivity contribution in [3.05, 3.63) is 0 Å². The van der Waals surface area contributed by atoms with Crippen LogP contribution >= 0.6 is 11.8 Å². The van der Waals surface area contributed by atoms with Gasteiger partial charge in [0.1, 0.15) is 0 Å². The maximum absolute atomic E-state index is 10.9. The van der Waals surface area contributed by atoms with Crippen molar-refractivity contribution in [3.8, 4) is 0 Å². The van der Waals surface area contributed by atoms with Gasteiger partial charge in [-0.1, -0.05) is 0 Å². The van der Waals surface area contributed by atoms with Crippen molar-refractivity contribution in [2.24, 2.45) is 0 Å². The van der Waals surface area contributed by atoms with Crippen molar-refractivity contribution in [2.75, 3.05) is 18.9 Å². The Morgan fingerprint density at radius 1 is 1.90 bits per heavy atom. The highest BCUT2D eigenvalue weighted by molar-refractivity contribution is 8.00. The van der Waals surface area contributed by atoms with Gasteiger partial charge in [-0.25, -0.2) is 4.79 Å². The third-order valence-corrected chi connectivity index (χ3v) is 2.35. The van der Waals surface area contributed by atoms with Crippen LogP contribution in [0, 0.1) is 0 Å². The molecule has 1 N–H and O–H groups in total. The zero-order chi connectivity index (χ0) is 7.40. The molecule has 4 heteroatoms. The van der Waals surface area contributed by atoms with Crippen molar-refractivity contribution in [1.29, 1.82) is 0 Å². The molecule has 1 aliphatic rings. The fraction of sp³-hybridized carbons (Fsp3) is 0.833. The van der Waals surface area contributed by atoms with E-state index in [0.717, 1.165) is 12.3 Å². The number of carbonyl (C=O) groups excluding carboxylic acids is 1. The van der Waals surface area contributed by atoms with E-state index in [1.54, 1.807) is 11.8 Å². The summed E-state index contributed by atoms with van der Waals surface area (Å²) in [5.74, 6) is 0.869. The molecular formula is C6H11NO2S. The molecule has 0 radical (unpaired) electrons. The van der Waals surface area contributed by atoms with E-state index in [9.17, 15) is 4.79 Å². The first kappa shape index (κ1) is 7.88. The molecule has 0 aromatic carbocycles. The van der Waals surface area contributed by atoms with Gasteiger partial charge in [-0.15, -0.1) is 11.8 Å². The Kier molecular flexibility index (Phi) is 3.02. The highest BCUT2D eigenvalue weighted by atomic mass is 32.2. The first-order valence-corrected chi connectivity index (χ1v) is 4.41. The number of carbonyl (C=O) groups is 1. The molecule has 0 saturated carbocycles. The van der Waals surface area contributed by atoms with Crippen LogP contribution in [0.15, 0.2) is 0 Å². The van der Waals surface area contributed by atoms with E-state index in [2.05, 4.69) is 5.32 Å². The highest BCUT2D eigenvalue weighted by Crippen LogP contribution is 2.14. The summed E-state index contributed by atoms with van der Waals surface area (Å²) < 4.78 is 4.80. The third-order valence-electron chi connectivity index (χ3n) is 1.22. The number of ether oxygens (including phenoxy) is 1. The van der Waals surface area contributed by atoms with Crippen LogP contribution in [0.4, 0.5) is 0 Å². The lowest BCUT2D eigenvalue weighted by atomic mass is 10.6. The first-order valence-electron chi connectivity index (χ1n) is 3.36. The molecule has 58 valence electrons. The molecule has 0 bridgehead atoms. The maximum atomic E-state index is 10.9. The van der Waals surface area contributed by atoms with Gasteiger partial charge in [-0.3, -0.25) is 5.32 Å². The Bertz CT molecular complexity index is 123. The fourth-order valence-corrected chi connectivity index (χ4v) is 1.71. The summed E-state index contributed by atoms with van der Waals surface area (Å²) in [6.07, 6.45) is 0. The number of esters is 1. The van der Waals surface area contributed by atoms with Gasteiger partial charge in [0.05, 0.1) is 6.61 Å². The van der Waals surface area contributed by atoms with Crippen LogP contribution in [0.25, 0.3) is 0 Å². The van der Waals surface area contributed by atoms with Crippen molar-refractivity contribution < 1.29 is 9.53 Å². The van der Waals surface area contributed by atoms with Gasteiger partial charge in [-0.05, 0) is 6.92 Å². The molecular weight excluding hydrogens is 150 g/mol. The number of nitrogens with one attached hydrogen (secondary N) is 1. The average Bonchev–Trinajstić information content (AvgIpc) is 2.38. The fourth-order valence-electron chi connectivity index (χ4n) is 0.795. The Labute approximate surface area is 64.5 Å². The second-order valence-electron chi connectivity index (χ2n) is 1.96. The topological polar surface area (TPSA) is 38.3 Å². The van der Waals surface area contributed by atoms with Crippen LogP contribution < -0.4 is 5.32 Å². The predicted molar refractivity (Wildman–Crippen MR) is 40.9 cm³/mol. The summed E-state index contributed by atoms with van der Waals surface area (Å²) in [7, 11) is 0. The van der Waals surface area contributed by atoms with E-state index >= 15 is 0 Å². The van der Waals surface area contributed by atoms with Gasteiger partial charge in [0.2, 0.25) is 0 Å². The Balaban J connectivity index is 2.25. The average molecular weight is 161 g/mol. The summed E-state index contributed by atoms with van der Waals surface area (Å²) in [6, 6.07) is 0. The van der Waals surface area contributed by atoms with E-state index in [1.165, 1.54) is 0 Å². The predicted octanol–water partition coefficient (Wildman–Crippen LogP) is 0.212. The molecule has 1 saturated heterocycles. The molecule has 0 spiro atoms. The number of rotatable bonds is 2. The summed E-state index contributed by atoms with van der Waals surface area (Å²) in [6.45, 7) is 3.20. The summed E-state index contributed by atoms with van der Waals surface area (Å²) in [4.78, 5) is 10.9. The minimum Gasteiger partial charge on any atom is -0.464 e. The molecule has 1 heterocycles. The SMILES string of the molecule is CCOC(=O)C1NCCS1. The largest absolute Gasteiger partial charge is 0.464 e.